The van der Waals surface area contributed by atoms with Gasteiger partial charge in [0.15, 0.2) is 0 Å². The van der Waals surface area contributed by atoms with Crippen molar-refractivity contribution in [2.24, 2.45) is 5.41 Å². The molecule has 2 N–H and O–H groups in total. The standard InChI is InChI=1S/C20H25N3O4/c1-3-4-15-13-17(24)23(21-15)16-7-5-14(6-8-16)18(25)22-11-9-20(2,10-12-22)19(26)27/h5-8,13,21H,3-4,9-12H2,1-2H3,(H,26,27). The van der Waals surface area contributed by atoms with Gasteiger partial charge in [0.25, 0.3) is 11.5 Å². The van der Waals surface area contributed by atoms with Gasteiger partial charge in [0, 0.05) is 30.4 Å². The Morgan fingerprint density at radius 2 is 1.81 bits per heavy atom. The van der Waals surface area contributed by atoms with Crippen LogP contribution in [0.1, 0.15) is 49.2 Å². The van der Waals surface area contributed by atoms with E-state index in [0.717, 1.165) is 18.5 Å². The van der Waals surface area contributed by atoms with Gasteiger partial charge in [0.2, 0.25) is 0 Å². The Kier molecular flexibility index (Phi) is 5.21. The van der Waals surface area contributed by atoms with E-state index in [4.69, 9.17) is 0 Å². The summed E-state index contributed by atoms with van der Waals surface area (Å²) in [6, 6.07) is 8.49. The molecular formula is C20H25N3O4. The normalized spacial score (nSPS) is 16.3. The number of carboxylic acid groups (broad SMARTS) is 1. The third-order valence-electron chi connectivity index (χ3n) is 5.34. The van der Waals surface area contributed by atoms with Crippen molar-refractivity contribution in [1.82, 2.24) is 14.7 Å². The molecule has 0 spiro atoms. The minimum atomic E-state index is -0.808. The Balaban J connectivity index is 1.71. The fourth-order valence-electron chi connectivity index (χ4n) is 3.39. The highest BCUT2D eigenvalue weighted by molar-refractivity contribution is 5.94. The maximum Gasteiger partial charge on any atom is 0.309 e. The first-order valence-corrected chi connectivity index (χ1v) is 9.28. The third-order valence-corrected chi connectivity index (χ3v) is 5.34. The lowest BCUT2D eigenvalue weighted by atomic mass is 9.80. The van der Waals surface area contributed by atoms with E-state index in [1.54, 1.807) is 42.2 Å². The number of H-pyrrole nitrogens is 1. The number of hydrogen-bond acceptors (Lipinski definition) is 3. The molecule has 7 heteroatoms. The van der Waals surface area contributed by atoms with Crippen LogP contribution in [0, 0.1) is 5.41 Å². The van der Waals surface area contributed by atoms with E-state index in [1.165, 1.54) is 4.68 Å². The number of rotatable bonds is 5. The molecule has 0 saturated carbocycles. The van der Waals surface area contributed by atoms with Crippen LogP contribution in [0.4, 0.5) is 0 Å². The zero-order valence-corrected chi connectivity index (χ0v) is 15.7. The van der Waals surface area contributed by atoms with Crippen LogP contribution in [0.3, 0.4) is 0 Å². The van der Waals surface area contributed by atoms with E-state index in [0.29, 0.717) is 37.2 Å². The van der Waals surface area contributed by atoms with E-state index in [2.05, 4.69) is 12.0 Å². The molecule has 1 amide bonds. The highest BCUT2D eigenvalue weighted by Gasteiger charge is 2.38. The second kappa shape index (κ2) is 7.42. The minimum Gasteiger partial charge on any atom is -0.481 e. The molecule has 0 bridgehead atoms. The largest absolute Gasteiger partial charge is 0.481 e. The van der Waals surface area contributed by atoms with Gasteiger partial charge in [-0.2, -0.15) is 0 Å². The number of aromatic amines is 1. The van der Waals surface area contributed by atoms with Crippen LogP contribution in [0.2, 0.25) is 0 Å². The number of carbonyl (C=O) groups excluding carboxylic acids is 1. The summed E-state index contributed by atoms with van der Waals surface area (Å²) in [5, 5.41) is 12.4. The molecule has 1 aromatic heterocycles. The zero-order chi connectivity index (χ0) is 19.6. The molecule has 1 aliphatic heterocycles. The second-order valence-electron chi connectivity index (χ2n) is 7.41. The van der Waals surface area contributed by atoms with Gasteiger partial charge in [-0.3, -0.25) is 19.5 Å². The number of hydrogen-bond donors (Lipinski definition) is 2. The number of piperidine rings is 1. The summed E-state index contributed by atoms with van der Waals surface area (Å²) in [6.45, 7) is 4.64. The predicted molar refractivity (Wildman–Crippen MR) is 101 cm³/mol. The second-order valence-corrected chi connectivity index (χ2v) is 7.41. The first-order valence-electron chi connectivity index (χ1n) is 9.28. The van der Waals surface area contributed by atoms with Crippen LogP contribution in [0.5, 0.6) is 0 Å². The fraction of sp³-hybridized carbons (Fsp3) is 0.450. The predicted octanol–water partition coefficient (Wildman–Crippen LogP) is 2.45. The lowest BCUT2D eigenvalue weighted by Crippen LogP contribution is -2.45. The van der Waals surface area contributed by atoms with Crippen LogP contribution in [-0.4, -0.2) is 44.8 Å². The average Bonchev–Trinajstić information content (AvgIpc) is 3.02. The Morgan fingerprint density at radius 1 is 1.19 bits per heavy atom. The van der Waals surface area contributed by atoms with Gasteiger partial charge < -0.3 is 10.0 Å². The van der Waals surface area contributed by atoms with Crippen molar-refractivity contribution in [3.05, 3.63) is 51.9 Å². The van der Waals surface area contributed by atoms with Crippen LogP contribution in [0.15, 0.2) is 35.1 Å². The zero-order valence-electron chi connectivity index (χ0n) is 15.7. The SMILES string of the molecule is CCCc1cc(=O)n(-c2ccc(C(=O)N3CCC(C)(C(=O)O)CC3)cc2)[nH]1. The number of aromatic nitrogens is 2. The van der Waals surface area contributed by atoms with Crippen molar-refractivity contribution < 1.29 is 14.7 Å². The molecule has 1 aliphatic rings. The maximum atomic E-state index is 12.7. The number of likely N-dealkylation sites (tertiary alicyclic amines) is 1. The molecule has 144 valence electrons. The van der Waals surface area contributed by atoms with E-state index in [9.17, 15) is 19.5 Å². The van der Waals surface area contributed by atoms with Gasteiger partial charge in [-0.1, -0.05) is 13.3 Å². The van der Waals surface area contributed by atoms with Gasteiger partial charge in [-0.25, -0.2) is 4.68 Å². The van der Waals surface area contributed by atoms with E-state index in [1.807, 2.05) is 0 Å². The summed E-state index contributed by atoms with van der Waals surface area (Å²) < 4.78 is 1.47. The molecular weight excluding hydrogens is 346 g/mol. The lowest BCUT2D eigenvalue weighted by molar-refractivity contribution is -0.150. The number of nitrogens with zero attached hydrogens (tertiary/aromatic N) is 2. The van der Waals surface area contributed by atoms with Gasteiger partial charge in [0.1, 0.15) is 0 Å². The van der Waals surface area contributed by atoms with Crippen molar-refractivity contribution in [3.8, 4) is 5.69 Å². The van der Waals surface area contributed by atoms with Gasteiger partial charge >= 0.3 is 5.97 Å². The summed E-state index contributed by atoms with van der Waals surface area (Å²) >= 11 is 0. The number of carbonyl (C=O) groups is 2. The third kappa shape index (κ3) is 3.82. The molecule has 1 saturated heterocycles. The number of benzene rings is 1. The van der Waals surface area contributed by atoms with Crippen LogP contribution >= 0.6 is 0 Å². The van der Waals surface area contributed by atoms with E-state index in [-0.39, 0.29) is 11.5 Å². The summed E-state index contributed by atoms with van der Waals surface area (Å²) in [6.07, 6.45) is 2.65. The minimum absolute atomic E-state index is 0.112. The number of aliphatic carboxylic acids is 1. The number of amides is 1. The molecule has 0 unspecified atom stereocenters. The molecule has 7 nitrogen and oxygen atoms in total. The molecule has 0 atom stereocenters. The number of nitrogens with one attached hydrogen (secondary N) is 1. The van der Waals surface area contributed by atoms with Gasteiger partial charge in [-0.15, -0.1) is 0 Å². The molecule has 1 fully saturated rings. The first kappa shape index (κ1) is 18.9. The molecule has 2 aromatic rings. The van der Waals surface area contributed by atoms with E-state index < -0.39 is 11.4 Å². The fourth-order valence-corrected chi connectivity index (χ4v) is 3.39. The molecule has 3 rings (SSSR count). The highest BCUT2D eigenvalue weighted by atomic mass is 16.4. The Hall–Kier alpha value is -2.83. The van der Waals surface area contributed by atoms with Crippen molar-refractivity contribution >= 4 is 11.9 Å². The first-order chi connectivity index (χ1) is 12.8. The van der Waals surface area contributed by atoms with Crippen LogP contribution in [-0.2, 0) is 11.2 Å². The summed E-state index contributed by atoms with van der Waals surface area (Å²) in [5.41, 5.74) is 1.21. The Bertz CT molecular complexity index is 887. The van der Waals surface area contributed by atoms with Crippen molar-refractivity contribution in [3.63, 3.8) is 0 Å². The Labute approximate surface area is 157 Å². The number of aryl methyl sites for hydroxylation is 1. The molecule has 0 radical (unpaired) electrons. The summed E-state index contributed by atoms with van der Waals surface area (Å²) in [7, 11) is 0. The summed E-state index contributed by atoms with van der Waals surface area (Å²) in [4.78, 5) is 37.8. The number of carboxylic acids is 1. The van der Waals surface area contributed by atoms with Crippen molar-refractivity contribution in [2.75, 3.05) is 13.1 Å². The smallest absolute Gasteiger partial charge is 0.309 e. The van der Waals surface area contributed by atoms with Crippen LogP contribution < -0.4 is 5.56 Å². The monoisotopic (exact) mass is 371 g/mol. The van der Waals surface area contributed by atoms with Crippen molar-refractivity contribution in [2.45, 2.75) is 39.5 Å². The van der Waals surface area contributed by atoms with Crippen molar-refractivity contribution in [1.29, 1.82) is 0 Å². The average molecular weight is 371 g/mol. The van der Waals surface area contributed by atoms with Crippen LogP contribution in [0.25, 0.3) is 5.69 Å². The summed E-state index contributed by atoms with van der Waals surface area (Å²) in [5.74, 6) is -0.919. The lowest BCUT2D eigenvalue weighted by Gasteiger charge is -2.36. The Morgan fingerprint density at radius 3 is 2.37 bits per heavy atom. The topological polar surface area (TPSA) is 95.4 Å². The molecule has 0 aliphatic carbocycles. The highest BCUT2D eigenvalue weighted by Crippen LogP contribution is 2.31. The van der Waals surface area contributed by atoms with Gasteiger partial charge in [-0.05, 0) is 50.5 Å². The molecule has 27 heavy (non-hydrogen) atoms. The molecule has 2 heterocycles. The van der Waals surface area contributed by atoms with Gasteiger partial charge in [0.05, 0.1) is 11.1 Å². The quantitative estimate of drug-likeness (QED) is 0.844. The molecule has 1 aromatic carbocycles. The van der Waals surface area contributed by atoms with E-state index >= 15 is 0 Å². The maximum absolute atomic E-state index is 12.7.